The second-order valence-corrected chi connectivity index (χ2v) is 9.80. The van der Waals surface area contributed by atoms with E-state index >= 15 is 0 Å². The van der Waals surface area contributed by atoms with Gasteiger partial charge < -0.3 is 25.3 Å². The van der Waals surface area contributed by atoms with Gasteiger partial charge in [-0.1, -0.05) is 24.3 Å². The van der Waals surface area contributed by atoms with E-state index in [-0.39, 0.29) is 12.6 Å². The fourth-order valence-electron chi connectivity index (χ4n) is 4.74. The molecule has 0 aliphatic heterocycles. The SMILES string of the molecule is O=C(Nc1ccc(-c2nc3ccccc3[nH]2)cc1)c1ccc(OCNc2ccc(-c3nc4ccccc4[nH]3)cc2)cc1. The highest BCUT2D eigenvalue weighted by Gasteiger charge is 2.09. The zero-order valence-electron chi connectivity index (χ0n) is 22.5. The topological polar surface area (TPSA) is 108 Å². The van der Waals surface area contributed by atoms with Gasteiger partial charge in [0.05, 0.1) is 22.1 Å². The average molecular weight is 551 g/mol. The second-order valence-electron chi connectivity index (χ2n) is 9.80. The van der Waals surface area contributed by atoms with Gasteiger partial charge in [0.1, 0.15) is 17.4 Å². The number of para-hydroxylation sites is 4. The predicted octanol–water partition coefficient (Wildman–Crippen LogP) is 7.47. The molecule has 0 radical (unpaired) electrons. The molecule has 0 unspecified atom stereocenters. The minimum atomic E-state index is -0.194. The van der Waals surface area contributed by atoms with Crippen LogP contribution in [0.2, 0.25) is 0 Å². The second kappa shape index (κ2) is 10.9. The van der Waals surface area contributed by atoms with Crippen molar-refractivity contribution in [1.29, 1.82) is 0 Å². The molecule has 0 saturated heterocycles. The molecule has 204 valence electrons. The molecule has 1 amide bonds. The molecule has 8 nitrogen and oxygen atoms in total. The number of hydrogen-bond donors (Lipinski definition) is 4. The Kier molecular flexibility index (Phi) is 6.54. The number of aromatic amines is 2. The minimum absolute atomic E-state index is 0.194. The van der Waals surface area contributed by atoms with Crippen LogP contribution in [0.15, 0.2) is 121 Å². The Morgan fingerprint density at radius 3 is 1.69 bits per heavy atom. The number of anilines is 2. The normalized spacial score (nSPS) is 11.0. The minimum Gasteiger partial charge on any atom is -0.473 e. The summed E-state index contributed by atoms with van der Waals surface area (Å²) in [5, 5.41) is 6.20. The van der Waals surface area contributed by atoms with Gasteiger partial charge in [0, 0.05) is 28.1 Å². The third kappa shape index (κ3) is 5.29. The quantitative estimate of drug-likeness (QED) is 0.147. The summed E-state index contributed by atoms with van der Waals surface area (Å²) < 4.78 is 5.82. The van der Waals surface area contributed by atoms with E-state index in [0.717, 1.165) is 50.5 Å². The standard InChI is InChI=1S/C34H26N6O2/c41-34(36-26-17-11-23(12-18-26)33-39-30-7-3-4-8-31(30)40-33)24-13-19-27(20-14-24)42-21-35-25-15-9-22(10-16-25)32-37-28-5-1-2-6-29(28)38-32/h1-20,35H,21H2,(H,36,41)(H,37,38)(H,39,40). The van der Waals surface area contributed by atoms with Crippen molar-refractivity contribution in [2.45, 2.75) is 0 Å². The van der Waals surface area contributed by atoms with Crippen LogP contribution >= 0.6 is 0 Å². The molecule has 5 aromatic carbocycles. The summed E-state index contributed by atoms with van der Waals surface area (Å²) in [6.07, 6.45) is 0. The smallest absolute Gasteiger partial charge is 0.255 e. The fraction of sp³-hybridized carbons (Fsp3) is 0.0294. The summed E-state index contributed by atoms with van der Waals surface area (Å²) in [4.78, 5) is 28.7. The summed E-state index contributed by atoms with van der Waals surface area (Å²) in [7, 11) is 0. The van der Waals surface area contributed by atoms with E-state index in [4.69, 9.17) is 4.74 Å². The van der Waals surface area contributed by atoms with Crippen molar-refractivity contribution in [2.24, 2.45) is 0 Å². The molecule has 0 atom stereocenters. The fourth-order valence-corrected chi connectivity index (χ4v) is 4.74. The Balaban J connectivity index is 0.912. The van der Waals surface area contributed by atoms with Crippen LogP contribution in [-0.4, -0.2) is 32.6 Å². The number of fused-ring (bicyclic) bond motifs is 2. The summed E-state index contributed by atoms with van der Waals surface area (Å²) >= 11 is 0. The lowest BCUT2D eigenvalue weighted by molar-refractivity contribution is 0.102. The number of hydrogen-bond acceptors (Lipinski definition) is 5. The van der Waals surface area contributed by atoms with Crippen LogP contribution in [0.4, 0.5) is 11.4 Å². The number of benzene rings is 5. The Labute approximate surface area is 241 Å². The molecule has 0 fully saturated rings. The lowest BCUT2D eigenvalue weighted by Crippen LogP contribution is -2.12. The molecule has 0 spiro atoms. The van der Waals surface area contributed by atoms with Crippen LogP contribution < -0.4 is 15.4 Å². The third-order valence-corrected chi connectivity index (χ3v) is 6.98. The summed E-state index contributed by atoms with van der Waals surface area (Å²) in [6, 6.07) is 38.5. The highest BCUT2D eigenvalue weighted by atomic mass is 16.5. The molecule has 2 heterocycles. The van der Waals surface area contributed by atoms with Gasteiger partial charge in [0.2, 0.25) is 0 Å². The molecule has 0 bridgehead atoms. The number of H-pyrrole nitrogens is 2. The lowest BCUT2D eigenvalue weighted by Gasteiger charge is -2.10. The Hall–Kier alpha value is -5.89. The molecular weight excluding hydrogens is 524 g/mol. The largest absolute Gasteiger partial charge is 0.473 e. The van der Waals surface area contributed by atoms with Gasteiger partial charge in [-0.3, -0.25) is 4.79 Å². The highest BCUT2D eigenvalue weighted by Crippen LogP contribution is 2.24. The Morgan fingerprint density at radius 1 is 0.619 bits per heavy atom. The first-order valence-corrected chi connectivity index (χ1v) is 13.6. The number of nitrogens with zero attached hydrogens (tertiary/aromatic N) is 2. The van der Waals surface area contributed by atoms with Crippen molar-refractivity contribution in [3.8, 4) is 28.5 Å². The summed E-state index contributed by atoms with van der Waals surface area (Å²) in [5.41, 5.74) is 7.99. The first-order chi connectivity index (χ1) is 20.7. The number of carbonyl (C=O) groups is 1. The van der Waals surface area contributed by atoms with Gasteiger partial charge in [-0.25, -0.2) is 9.97 Å². The highest BCUT2D eigenvalue weighted by molar-refractivity contribution is 6.04. The number of amides is 1. The van der Waals surface area contributed by atoms with Crippen molar-refractivity contribution in [2.75, 3.05) is 17.4 Å². The number of imidazole rings is 2. The molecule has 0 saturated carbocycles. The van der Waals surface area contributed by atoms with E-state index in [1.165, 1.54) is 0 Å². The van der Waals surface area contributed by atoms with Crippen molar-refractivity contribution >= 4 is 39.3 Å². The van der Waals surface area contributed by atoms with Crippen LogP contribution in [0, 0.1) is 0 Å². The zero-order chi connectivity index (χ0) is 28.3. The molecule has 4 N–H and O–H groups in total. The molecule has 42 heavy (non-hydrogen) atoms. The zero-order valence-corrected chi connectivity index (χ0v) is 22.5. The summed E-state index contributed by atoms with van der Waals surface area (Å²) in [5.74, 6) is 2.09. The van der Waals surface area contributed by atoms with Gasteiger partial charge >= 0.3 is 0 Å². The first kappa shape index (κ1) is 25.1. The van der Waals surface area contributed by atoms with E-state index < -0.39 is 0 Å². The van der Waals surface area contributed by atoms with Crippen LogP contribution in [-0.2, 0) is 0 Å². The summed E-state index contributed by atoms with van der Waals surface area (Å²) in [6.45, 7) is 0.285. The molecule has 7 aromatic rings. The first-order valence-electron chi connectivity index (χ1n) is 13.6. The van der Waals surface area contributed by atoms with Gasteiger partial charge in [0.25, 0.3) is 5.91 Å². The van der Waals surface area contributed by atoms with Crippen molar-refractivity contribution in [3.05, 3.63) is 127 Å². The number of ether oxygens (including phenoxy) is 1. The van der Waals surface area contributed by atoms with Crippen LogP contribution in [0.25, 0.3) is 44.8 Å². The molecule has 0 aliphatic rings. The van der Waals surface area contributed by atoms with E-state index in [2.05, 4.69) is 30.6 Å². The maximum absolute atomic E-state index is 12.8. The number of carbonyl (C=O) groups excluding carboxylic acids is 1. The van der Waals surface area contributed by atoms with E-state index in [1.54, 1.807) is 24.3 Å². The Bertz CT molecular complexity index is 1930. The molecule has 2 aromatic heterocycles. The predicted molar refractivity (Wildman–Crippen MR) is 167 cm³/mol. The maximum Gasteiger partial charge on any atom is 0.255 e. The van der Waals surface area contributed by atoms with Crippen LogP contribution in [0.1, 0.15) is 10.4 Å². The monoisotopic (exact) mass is 550 g/mol. The molecular formula is C34H26N6O2. The number of nitrogens with one attached hydrogen (secondary N) is 4. The third-order valence-electron chi connectivity index (χ3n) is 6.98. The molecule has 0 aliphatic carbocycles. The average Bonchev–Trinajstić information content (AvgIpc) is 3.67. The lowest BCUT2D eigenvalue weighted by atomic mass is 10.1. The Morgan fingerprint density at radius 2 is 1.14 bits per heavy atom. The van der Waals surface area contributed by atoms with E-state index in [9.17, 15) is 4.79 Å². The van der Waals surface area contributed by atoms with Gasteiger partial charge in [-0.05, 0) is 97.1 Å². The van der Waals surface area contributed by atoms with Gasteiger partial charge in [0.15, 0.2) is 6.73 Å². The number of rotatable bonds is 8. The van der Waals surface area contributed by atoms with E-state index in [1.807, 2.05) is 97.1 Å². The number of aromatic nitrogens is 4. The van der Waals surface area contributed by atoms with Gasteiger partial charge in [-0.2, -0.15) is 0 Å². The van der Waals surface area contributed by atoms with Crippen LogP contribution in [0.5, 0.6) is 5.75 Å². The van der Waals surface area contributed by atoms with Crippen LogP contribution in [0.3, 0.4) is 0 Å². The molecule has 7 rings (SSSR count). The van der Waals surface area contributed by atoms with Crippen molar-refractivity contribution in [3.63, 3.8) is 0 Å². The molecule has 8 heteroatoms. The van der Waals surface area contributed by atoms with Crippen molar-refractivity contribution in [1.82, 2.24) is 19.9 Å². The maximum atomic E-state index is 12.8. The van der Waals surface area contributed by atoms with E-state index in [0.29, 0.717) is 17.0 Å². The van der Waals surface area contributed by atoms with Crippen molar-refractivity contribution < 1.29 is 9.53 Å². The van der Waals surface area contributed by atoms with Gasteiger partial charge in [-0.15, -0.1) is 0 Å².